The second kappa shape index (κ2) is 8.66. The van der Waals surface area contributed by atoms with E-state index in [1.165, 1.54) is 0 Å². The predicted molar refractivity (Wildman–Crippen MR) is 101 cm³/mol. The fourth-order valence-electron chi connectivity index (χ4n) is 3.42. The van der Waals surface area contributed by atoms with Crippen molar-refractivity contribution in [1.82, 2.24) is 4.67 Å². The summed E-state index contributed by atoms with van der Waals surface area (Å²) in [5.41, 5.74) is -0.557. The highest BCUT2D eigenvalue weighted by Gasteiger charge is 2.60. The molecule has 7 heteroatoms. The molecule has 0 amide bonds. The molecule has 138 valence electrons. The first kappa shape index (κ1) is 18.9. The molecule has 2 saturated heterocycles. The number of thioether (sulfide) groups is 1. The van der Waals surface area contributed by atoms with Gasteiger partial charge in [-0.25, -0.2) is 11.2 Å². The van der Waals surface area contributed by atoms with Gasteiger partial charge in [0.25, 0.3) is 8.53 Å². The van der Waals surface area contributed by atoms with Crippen molar-refractivity contribution in [2.45, 2.75) is 83.1 Å². The van der Waals surface area contributed by atoms with Crippen LogP contribution in [0.1, 0.15) is 49.3 Å². The maximum Gasteiger partial charge on any atom is 0.259 e. The zero-order valence-electron chi connectivity index (χ0n) is 16.6. The smallest absolute Gasteiger partial charge is 0.259 e. The third-order valence-electron chi connectivity index (χ3n) is 4.49. The fraction of sp³-hybridized carbons (Fsp3) is 0.941. The molecule has 6 atom stereocenters. The van der Waals surface area contributed by atoms with Gasteiger partial charge in [-0.3, -0.25) is 0 Å². The van der Waals surface area contributed by atoms with Gasteiger partial charge in [-0.15, -0.1) is 11.8 Å². The highest BCUT2D eigenvalue weighted by molar-refractivity contribution is 8.00. The highest BCUT2D eigenvalue weighted by Crippen LogP contribution is 2.57. The quantitative estimate of drug-likeness (QED) is 0.340. The third-order valence-corrected chi connectivity index (χ3v) is 8.24. The summed E-state index contributed by atoms with van der Waals surface area (Å²) >= 11 is 1.85. The Hall–Kier alpha value is 0.110. The van der Waals surface area contributed by atoms with Crippen LogP contribution in [0, 0.1) is 6.57 Å². The maximum atomic E-state index is 8.35. The van der Waals surface area contributed by atoms with Gasteiger partial charge in [0.05, 0.1) is 11.4 Å². The van der Waals surface area contributed by atoms with Crippen LogP contribution >= 0.6 is 20.3 Å². The molecule has 0 aliphatic carbocycles. The summed E-state index contributed by atoms with van der Waals surface area (Å²) in [5, 5.41) is 0.239. The summed E-state index contributed by atoms with van der Waals surface area (Å²) in [6.45, 7) is 20.2. The molecule has 2 rings (SSSR count). The van der Waals surface area contributed by atoms with Crippen molar-refractivity contribution in [2.75, 3.05) is 18.9 Å². The van der Waals surface area contributed by atoms with E-state index in [9.17, 15) is 0 Å². The van der Waals surface area contributed by atoms with Crippen LogP contribution in [-0.4, -0.2) is 58.7 Å². The Bertz CT molecular complexity index is 483. The van der Waals surface area contributed by atoms with Crippen LogP contribution in [0.3, 0.4) is 0 Å². The summed E-state index contributed by atoms with van der Waals surface area (Å²) in [5.74, 6) is 0.798. The lowest BCUT2D eigenvalue weighted by atomic mass is 9.96. The summed E-state index contributed by atoms with van der Waals surface area (Å²) in [6, 6.07) is 0.543. The second-order valence-electron chi connectivity index (χ2n) is 6.89. The van der Waals surface area contributed by atoms with Gasteiger partial charge in [0.1, 0.15) is 18.3 Å². The number of nitrogens with zero attached hydrogens (tertiary/aromatic N) is 2. The molecule has 0 aromatic rings. The molecule has 0 N–H and O–H groups in total. The van der Waals surface area contributed by atoms with Crippen molar-refractivity contribution in [2.24, 2.45) is 0 Å². The topological polar surface area (TPSA) is 35.3 Å². The Morgan fingerprint density at radius 3 is 2.62 bits per heavy atom. The molecule has 24 heavy (non-hydrogen) atoms. The van der Waals surface area contributed by atoms with Gasteiger partial charge < -0.3 is 18.6 Å². The average Bonchev–Trinajstić information content (AvgIpc) is 2.99. The zero-order valence-corrected chi connectivity index (χ0v) is 17.3. The fourth-order valence-corrected chi connectivity index (χ4v) is 6.94. The molecule has 2 bridgehead atoms. The average molecular weight is 375 g/mol. The first-order valence-electron chi connectivity index (χ1n) is 9.25. The molecule has 0 aromatic heterocycles. The summed E-state index contributed by atoms with van der Waals surface area (Å²) in [6.07, 6.45) is -0.408. The Balaban J connectivity index is 2.21. The van der Waals surface area contributed by atoms with E-state index < -0.39 is 14.1 Å². The van der Waals surface area contributed by atoms with Crippen molar-refractivity contribution < 1.29 is 15.2 Å². The lowest BCUT2D eigenvalue weighted by molar-refractivity contribution is -0.0593. The monoisotopic (exact) mass is 375 g/mol. The molecule has 5 nitrogen and oxygen atoms in total. The molecule has 2 unspecified atom stereocenters. The Morgan fingerprint density at radius 1 is 1.46 bits per heavy atom. The predicted octanol–water partition coefficient (Wildman–Crippen LogP) is 4.34. The van der Waals surface area contributed by atoms with E-state index in [0.29, 0.717) is 13.2 Å². The van der Waals surface area contributed by atoms with Gasteiger partial charge >= 0.3 is 0 Å². The number of hydrogen-bond acceptors (Lipinski definition) is 5. The van der Waals surface area contributed by atoms with Crippen molar-refractivity contribution >= 4 is 20.3 Å². The van der Waals surface area contributed by atoms with E-state index in [1.54, 1.807) is 0 Å². The first-order valence-corrected chi connectivity index (χ1v) is 10.9. The van der Waals surface area contributed by atoms with E-state index in [4.69, 9.17) is 21.7 Å². The summed E-state index contributed by atoms with van der Waals surface area (Å²) in [4.78, 5) is 3.39. The van der Waals surface area contributed by atoms with Gasteiger partial charge in [-0.1, -0.05) is 6.92 Å². The van der Waals surface area contributed by atoms with Crippen LogP contribution in [0.4, 0.5) is 0 Å². The molecule has 0 aromatic carbocycles. The number of fused-ring (bicyclic) bond motifs is 2. The SMILES string of the molecule is [2H][C@@H](C)C12CS[C@@H]([C@H](C)O1)[C@@H]2OP(OCC[N+]#[C-])N(C(C)C)C(C)C. The molecule has 2 fully saturated rings. The van der Waals surface area contributed by atoms with Crippen LogP contribution in [0.5, 0.6) is 0 Å². The van der Waals surface area contributed by atoms with Crippen molar-refractivity contribution in [1.29, 1.82) is 0 Å². The molecule has 2 aliphatic heterocycles. The minimum atomic E-state index is -1.30. The normalized spacial score (nSPS) is 35.5. The van der Waals surface area contributed by atoms with Gasteiger partial charge in [-0.2, -0.15) is 0 Å². The number of hydrogen-bond donors (Lipinski definition) is 0. The minimum Gasteiger partial charge on any atom is -0.367 e. The van der Waals surface area contributed by atoms with E-state index in [0.717, 1.165) is 5.75 Å². The van der Waals surface area contributed by atoms with Crippen LogP contribution in [0.15, 0.2) is 0 Å². The molecule has 0 spiro atoms. The lowest BCUT2D eigenvalue weighted by Crippen LogP contribution is -2.42. The van der Waals surface area contributed by atoms with Gasteiger partial charge in [-0.05, 0) is 41.0 Å². The molecular formula is C17H31N2O3PS. The van der Waals surface area contributed by atoms with Crippen LogP contribution in [-0.2, 0) is 13.8 Å². The van der Waals surface area contributed by atoms with Crippen LogP contribution in [0.2, 0.25) is 0 Å². The van der Waals surface area contributed by atoms with Gasteiger partial charge in [0.2, 0.25) is 6.54 Å². The van der Waals surface area contributed by atoms with E-state index in [1.807, 2.05) is 18.7 Å². The summed E-state index contributed by atoms with van der Waals surface area (Å²) in [7, 11) is -1.30. The van der Waals surface area contributed by atoms with Crippen LogP contribution in [0.25, 0.3) is 4.85 Å². The number of rotatable bonds is 9. The van der Waals surface area contributed by atoms with Crippen molar-refractivity contribution in [3.63, 3.8) is 0 Å². The van der Waals surface area contributed by atoms with E-state index >= 15 is 0 Å². The second-order valence-corrected chi connectivity index (χ2v) is 9.46. The zero-order chi connectivity index (χ0) is 18.8. The Labute approximate surface area is 154 Å². The maximum absolute atomic E-state index is 8.35. The van der Waals surface area contributed by atoms with E-state index in [-0.39, 0.29) is 35.9 Å². The standard InChI is InChI=1S/C17H31N2O3PS/c1-8-17-11-24-15(14(6)21-17)16(17)22-23(20-10-9-18-7)19(12(2)3)13(4)5/h12-16H,8-11H2,1-6H3/t14-,15-,16-,17?,23?/m0/s1/i8D/t8-,14-,15-,16-,17?,23?. The third kappa shape index (κ3) is 4.09. The van der Waals surface area contributed by atoms with E-state index in [2.05, 4.69) is 44.1 Å². The van der Waals surface area contributed by atoms with Gasteiger partial charge in [0, 0.05) is 19.2 Å². The first-order chi connectivity index (χ1) is 11.7. The van der Waals surface area contributed by atoms with Gasteiger partial charge in [0.15, 0.2) is 0 Å². The number of ether oxygens (including phenoxy) is 1. The molecule has 0 radical (unpaired) electrons. The molecule has 2 aliphatic rings. The Kier molecular flexibility index (Phi) is 6.82. The highest BCUT2D eigenvalue weighted by atomic mass is 32.2. The minimum absolute atomic E-state index is 0.0863. The molecule has 0 saturated carbocycles. The molecule has 2 heterocycles. The van der Waals surface area contributed by atoms with Crippen molar-refractivity contribution in [3.8, 4) is 0 Å². The largest absolute Gasteiger partial charge is 0.367 e. The lowest BCUT2D eigenvalue weighted by Gasteiger charge is -2.38. The van der Waals surface area contributed by atoms with Crippen molar-refractivity contribution in [3.05, 3.63) is 11.4 Å². The molecular weight excluding hydrogens is 343 g/mol. The Morgan fingerprint density at radius 2 is 2.12 bits per heavy atom. The summed E-state index contributed by atoms with van der Waals surface area (Å²) < 4.78 is 29.4. The van der Waals surface area contributed by atoms with Crippen LogP contribution < -0.4 is 0 Å².